The molecule has 0 atom stereocenters. The molecule has 0 unspecified atom stereocenters. The van der Waals surface area contributed by atoms with E-state index in [0.29, 0.717) is 17.1 Å². The lowest BCUT2D eigenvalue weighted by molar-refractivity contribution is 0.354. The van der Waals surface area contributed by atoms with Gasteiger partial charge >= 0.3 is 0 Å². The van der Waals surface area contributed by atoms with Crippen LogP contribution in [0.5, 0.6) is 11.5 Å². The zero-order chi connectivity index (χ0) is 21.9. The molecule has 3 rings (SSSR count). The van der Waals surface area contributed by atoms with Crippen LogP contribution in [0.1, 0.15) is 11.1 Å². The first-order chi connectivity index (χ1) is 14.3. The van der Waals surface area contributed by atoms with Gasteiger partial charge in [-0.15, -0.1) is 0 Å². The minimum atomic E-state index is -4.08. The molecule has 0 aromatic heterocycles. The summed E-state index contributed by atoms with van der Waals surface area (Å²) < 4.78 is 65.6. The molecule has 3 aromatic rings. The molecular formula is C22H21F2NO4S. The number of hydrogen-bond donors (Lipinski definition) is 0. The number of ether oxygens (including phenoxy) is 2. The van der Waals surface area contributed by atoms with Crippen LogP contribution >= 0.6 is 0 Å². The van der Waals surface area contributed by atoms with Gasteiger partial charge in [0, 0.05) is 0 Å². The van der Waals surface area contributed by atoms with Crippen LogP contribution in [0.3, 0.4) is 0 Å². The van der Waals surface area contributed by atoms with Gasteiger partial charge < -0.3 is 9.47 Å². The van der Waals surface area contributed by atoms with E-state index in [-0.39, 0.29) is 22.7 Å². The Hall–Kier alpha value is -3.13. The maximum Gasteiger partial charge on any atom is 0.264 e. The normalized spacial score (nSPS) is 11.2. The van der Waals surface area contributed by atoms with Crippen molar-refractivity contribution in [2.24, 2.45) is 0 Å². The molecule has 0 N–H and O–H groups in total. The predicted molar refractivity (Wildman–Crippen MR) is 110 cm³/mol. The molecule has 0 aliphatic carbocycles. The Morgan fingerprint density at radius 3 is 2.07 bits per heavy atom. The zero-order valence-corrected chi connectivity index (χ0v) is 17.5. The highest BCUT2D eigenvalue weighted by Gasteiger charge is 2.27. The van der Waals surface area contributed by atoms with Gasteiger partial charge in [-0.25, -0.2) is 17.2 Å². The molecule has 30 heavy (non-hydrogen) atoms. The Labute approximate surface area is 174 Å². The van der Waals surface area contributed by atoms with Gasteiger partial charge in [0.05, 0.1) is 31.3 Å². The van der Waals surface area contributed by atoms with Crippen LogP contribution in [0.2, 0.25) is 0 Å². The van der Waals surface area contributed by atoms with Crippen molar-refractivity contribution in [2.75, 3.05) is 18.5 Å². The van der Waals surface area contributed by atoms with Gasteiger partial charge in [-0.05, 0) is 72.6 Å². The monoisotopic (exact) mass is 433 g/mol. The fourth-order valence-corrected chi connectivity index (χ4v) is 4.75. The number of nitrogens with zero attached hydrogens (tertiary/aromatic N) is 1. The molecule has 5 nitrogen and oxygen atoms in total. The van der Waals surface area contributed by atoms with Gasteiger partial charge in [-0.1, -0.05) is 6.07 Å². The summed E-state index contributed by atoms with van der Waals surface area (Å²) in [6, 6.07) is 13.7. The molecule has 0 aliphatic rings. The van der Waals surface area contributed by atoms with Crippen LogP contribution in [0.25, 0.3) is 0 Å². The Bertz CT molecular complexity index is 1150. The number of aryl methyl sites for hydroxylation is 1. The summed E-state index contributed by atoms with van der Waals surface area (Å²) in [7, 11) is -1.09. The Balaban J connectivity index is 2.10. The van der Waals surface area contributed by atoms with Crippen molar-refractivity contribution in [1.82, 2.24) is 0 Å². The summed E-state index contributed by atoms with van der Waals surface area (Å²) in [4.78, 5) is -0.0336. The van der Waals surface area contributed by atoms with Crippen LogP contribution in [0, 0.1) is 18.6 Å². The van der Waals surface area contributed by atoms with Crippen molar-refractivity contribution in [3.63, 3.8) is 0 Å². The SMILES string of the molecule is COc1ccc(CN(c2ccc(F)cc2)S(=O)(=O)c2ccc(F)cc2C)cc1OC. The lowest BCUT2D eigenvalue weighted by atomic mass is 10.2. The van der Waals surface area contributed by atoms with Crippen molar-refractivity contribution >= 4 is 15.7 Å². The number of anilines is 1. The highest BCUT2D eigenvalue weighted by molar-refractivity contribution is 7.92. The van der Waals surface area contributed by atoms with E-state index in [0.717, 1.165) is 16.4 Å². The van der Waals surface area contributed by atoms with Gasteiger partial charge in [0.15, 0.2) is 11.5 Å². The molecule has 8 heteroatoms. The van der Waals surface area contributed by atoms with Crippen LogP contribution in [0.15, 0.2) is 65.6 Å². The second kappa shape index (κ2) is 8.71. The highest BCUT2D eigenvalue weighted by atomic mass is 32.2. The molecule has 0 aliphatic heterocycles. The van der Waals surface area contributed by atoms with Crippen LogP contribution < -0.4 is 13.8 Å². The topological polar surface area (TPSA) is 55.8 Å². The molecule has 0 saturated heterocycles. The molecule has 3 aromatic carbocycles. The second-order valence-electron chi connectivity index (χ2n) is 6.59. The smallest absolute Gasteiger partial charge is 0.264 e. The molecule has 0 saturated carbocycles. The number of benzene rings is 3. The summed E-state index contributed by atoms with van der Waals surface area (Å²) in [5, 5.41) is 0. The van der Waals surface area contributed by atoms with Crippen molar-refractivity contribution in [3.05, 3.63) is 83.4 Å². The Morgan fingerprint density at radius 2 is 1.47 bits per heavy atom. The molecule has 0 fully saturated rings. The molecule has 0 amide bonds. The van der Waals surface area contributed by atoms with E-state index >= 15 is 0 Å². The van der Waals surface area contributed by atoms with Gasteiger partial charge in [0.1, 0.15) is 11.6 Å². The van der Waals surface area contributed by atoms with Gasteiger partial charge in [-0.2, -0.15) is 0 Å². The Morgan fingerprint density at radius 1 is 0.833 bits per heavy atom. The number of halogens is 2. The van der Waals surface area contributed by atoms with Gasteiger partial charge in [0.25, 0.3) is 10.0 Å². The van der Waals surface area contributed by atoms with E-state index < -0.39 is 21.7 Å². The molecule has 0 radical (unpaired) electrons. The van der Waals surface area contributed by atoms with Crippen LogP contribution in [-0.2, 0) is 16.6 Å². The predicted octanol–water partition coefficient (Wildman–Crippen LogP) is 4.69. The minimum Gasteiger partial charge on any atom is -0.493 e. The molecular weight excluding hydrogens is 412 g/mol. The zero-order valence-electron chi connectivity index (χ0n) is 16.7. The van der Waals surface area contributed by atoms with Crippen molar-refractivity contribution < 1.29 is 26.7 Å². The summed E-state index contributed by atoms with van der Waals surface area (Å²) in [5.74, 6) is -0.0592. The summed E-state index contributed by atoms with van der Waals surface area (Å²) >= 11 is 0. The molecule has 0 bridgehead atoms. The number of hydrogen-bond acceptors (Lipinski definition) is 4. The summed E-state index contributed by atoms with van der Waals surface area (Å²) in [6.07, 6.45) is 0. The lowest BCUT2D eigenvalue weighted by Crippen LogP contribution is -2.31. The maximum absolute atomic E-state index is 13.5. The van der Waals surface area contributed by atoms with E-state index in [1.807, 2.05) is 0 Å². The van der Waals surface area contributed by atoms with Crippen molar-refractivity contribution in [3.8, 4) is 11.5 Å². The standard InChI is InChI=1S/C22H21F2NO4S/c1-15-12-18(24)7-11-22(15)30(26,27)25(19-8-5-17(23)6-9-19)14-16-4-10-20(28-2)21(13-16)29-3/h4-13H,14H2,1-3H3. The first kappa shape index (κ1) is 21.6. The highest BCUT2D eigenvalue weighted by Crippen LogP contribution is 2.32. The quantitative estimate of drug-likeness (QED) is 0.543. The molecule has 0 heterocycles. The molecule has 158 valence electrons. The first-order valence-electron chi connectivity index (χ1n) is 9.01. The average molecular weight is 433 g/mol. The van der Waals surface area contributed by atoms with E-state index in [1.54, 1.807) is 18.2 Å². The fourth-order valence-electron chi connectivity index (χ4n) is 3.09. The van der Waals surface area contributed by atoms with E-state index in [2.05, 4.69) is 0 Å². The van der Waals surface area contributed by atoms with Gasteiger partial charge in [0.2, 0.25) is 0 Å². The largest absolute Gasteiger partial charge is 0.493 e. The fraction of sp³-hybridized carbons (Fsp3) is 0.182. The minimum absolute atomic E-state index is 0.0336. The third-order valence-electron chi connectivity index (χ3n) is 4.59. The maximum atomic E-state index is 13.5. The van der Waals surface area contributed by atoms with Crippen LogP contribution in [-0.4, -0.2) is 22.6 Å². The van der Waals surface area contributed by atoms with E-state index in [9.17, 15) is 17.2 Å². The number of rotatable bonds is 7. The van der Waals surface area contributed by atoms with E-state index in [1.165, 1.54) is 51.5 Å². The van der Waals surface area contributed by atoms with Crippen molar-refractivity contribution in [1.29, 1.82) is 0 Å². The summed E-state index contributed by atoms with van der Waals surface area (Å²) in [6.45, 7) is 1.47. The van der Waals surface area contributed by atoms with Gasteiger partial charge in [-0.3, -0.25) is 4.31 Å². The van der Waals surface area contributed by atoms with Crippen LogP contribution in [0.4, 0.5) is 14.5 Å². The third kappa shape index (κ3) is 4.38. The lowest BCUT2D eigenvalue weighted by Gasteiger charge is -2.26. The Kier molecular flexibility index (Phi) is 6.26. The first-order valence-corrected chi connectivity index (χ1v) is 10.5. The number of sulfonamides is 1. The number of methoxy groups -OCH3 is 2. The van der Waals surface area contributed by atoms with E-state index in [4.69, 9.17) is 9.47 Å². The van der Waals surface area contributed by atoms with Crippen molar-refractivity contribution in [2.45, 2.75) is 18.4 Å². The molecule has 0 spiro atoms. The summed E-state index contributed by atoms with van der Waals surface area (Å²) in [5.41, 5.74) is 1.17. The third-order valence-corrected chi connectivity index (χ3v) is 6.53. The average Bonchev–Trinajstić information content (AvgIpc) is 2.72. The second-order valence-corrected chi connectivity index (χ2v) is 8.42.